The molecule has 7 nitrogen and oxygen atoms in total. The maximum Gasteiger partial charge on any atom is 0.284 e. The molecule has 0 spiro atoms. The van der Waals surface area contributed by atoms with Crippen LogP contribution in [0.25, 0.3) is 11.1 Å². The summed E-state index contributed by atoms with van der Waals surface area (Å²) >= 11 is 0. The quantitative estimate of drug-likeness (QED) is 0.533. The van der Waals surface area contributed by atoms with Crippen molar-refractivity contribution >= 4 is 17.5 Å². The van der Waals surface area contributed by atoms with Crippen LogP contribution in [0.3, 0.4) is 0 Å². The van der Waals surface area contributed by atoms with Crippen LogP contribution < -0.4 is 5.32 Å². The molecule has 1 amide bonds. The molecule has 166 valence electrons. The van der Waals surface area contributed by atoms with Gasteiger partial charge in [0.1, 0.15) is 5.82 Å². The topological polar surface area (TPSA) is 98.0 Å². The fraction of sp³-hybridized carbons (Fsp3) is 0.400. The molecule has 0 saturated heterocycles. The number of nitrogens with zero attached hydrogens (tertiary/aromatic N) is 3. The number of carbonyl (C=O) groups is 2. The van der Waals surface area contributed by atoms with Gasteiger partial charge in [-0.3, -0.25) is 9.59 Å². The number of aryl methyl sites for hydroxylation is 2. The van der Waals surface area contributed by atoms with Gasteiger partial charge in [0, 0.05) is 24.0 Å². The highest BCUT2D eigenvalue weighted by molar-refractivity contribution is 5.93. The Hall–Kier alpha value is -3.35. The van der Waals surface area contributed by atoms with Crippen LogP contribution in [-0.4, -0.2) is 26.9 Å². The Morgan fingerprint density at radius 3 is 2.50 bits per heavy atom. The Kier molecular flexibility index (Phi) is 5.91. The van der Waals surface area contributed by atoms with E-state index in [0.717, 1.165) is 35.1 Å². The third kappa shape index (κ3) is 5.10. The number of hydrogen-bond donors (Lipinski definition) is 1. The van der Waals surface area contributed by atoms with E-state index in [4.69, 9.17) is 4.42 Å². The first-order valence-electron chi connectivity index (χ1n) is 10.9. The molecule has 2 heterocycles. The minimum atomic E-state index is -0.286. The second-order valence-corrected chi connectivity index (χ2v) is 9.42. The molecule has 1 aromatic carbocycles. The van der Waals surface area contributed by atoms with Gasteiger partial charge in [-0.1, -0.05) is 39.0 Å². The van der Waals surface area contributed by atoms with Gasteiger partial charge < -0.3 is 9.73 Å². The van der Waals surface area contributed by atoms with Crippen molar-refractivity contribution < 1.29 is 14.0 Å². The zero-order valence-corrected chi connectivity index (χ0v) is 18.9. The Morgan fingerprint density at radius 2 is 1.84 bits per heavy atom. The van der Waals surface area contributed by atoms with Gasteiger partial charge in [0.05, 0.1) is 0 Å². The van der Waals surface area contributed by atoms with E-state index in [-0.39, 0.29) is 28.9 Å². The van der Waals surface area contributed by atoms with Crippen molar-refractivity contribution in [2.75, 3.05) is 5.32 Å². The van der Waals surface area contributed by atoms with E-state index in [9.17, 15) is 9.59 Å². The van der Waals surface area contributed by atoms with Crippen molar-refractivity contribution in [3.63, 3.8) is 0 Å². The molecule has 7 heteroatoms. The molecule has 1 aliphatic carbocycles. The molecule has 1 fully saturated rings. The molecule has 1 N–H and O–H groups in total. The number of ketones is 1. The number of hydrogen-bond acceptors (Lipinski definition) is 6. The molecule has 0 aliphatic heterocycles. The van der Waals surface area contributed by atoms with Crippen LogP contribution in [-0.2, 0) is 16.6 Å². The lowest BCUT2D eigenvalue weighted by atomic mass is 9.97. The summed E-state index contributed by atoms with van der Waals surface area (Å²) in [7, 11) is 0. The highest BCUT2D eigenvalue weighted by Gasteiger charge is 2.29. The minimum absolute atomic E-state index is 0.0433. The van der Waals surface area contributed by atoms with Crippen molar-refractivity contribution in [3.8, 4) is 11.1 Å². The van der Waals surface area contributed by atoms with Gasteiger partial charge in [-0.2, -0.15) is 0 Å². The molecule has 0 bridgehead atoms. The van der Waals surface area contributed by atoms with Gasteiger partial charge in [-0.15, -0.1) is 10.2 Å². The highest BCUT2D eigenvalue weighted by atomic mass is 16.4. The maximum atomic E-state index is 12.5. The average Bonchev–Trinajstić information content (AvgIpc) is 3.48. The third-order valence-electron chi connectivity index (χ3n) is 5.56. The van der Waals surface area contributed by atoms with Crippen LogP contribution >= 0.6 is 0 Å². The smallest absolute Gasteiger partial charge is 0.284 e. The lowest BCUT2D eigenvalue weighted by Gasteiger charge is -2.11. The monoisotopic (exact) mass is 432 g/mol. The van der Waals surface area contributed by atoms with E-state index >= 15 is 0 Å². The first-order chi connectivity index (χ1) is 15.2. The molecule has 0 unspecified atom stereocenters. The fourth-order valence-corrected chi connectivity index (χ4v) is 3.40. The van der Waals surface area contributed by atoms with E-state index in [1.165, 1.54) is 0 Å². The Bertz CT molecular complexity index is 1160. The number of anilines is 1. The molecule has 0 radical (unpaired) electrons. The number of Topliss-reactive ketones (excluding diaryl/α,β-unsaturated/α-hetero) is 1. The Morgan fingerprint density at radius 1 is 1.09 bits per heavy atom. The lowest BCUT2D eigenvalue weighted by Crippen LogP contribution is -2.14. The first kappa shape index (κ1) is 21.9. The van der Waals surface area contributed by atoms with Gasteiger partial charge in [0.2, 0.25) is 17.6 Å². The second-order valence-electron chi connectivity index (χ2n) is 9.42. The summed E-state index contributed by atoms with van der Waals surface area (Å²) in [6.45, 7) is 7.93. The molecular weight excluding hydrogens is 404 g/mol. The minimum Gasteiger partial charge on any atom is -0.418 e. The largest absolute Gasteiger partial charge is 0.418 e. The number of benzene rings is 1. The van der Waals surface area contributed by atoms with E-state index < -0.39 is 0 Å². The van der Waals surface area contributed by atoms with Crippen LogP contribution in [0.5, 0.6) is 0 Å². The van der Waals surface area contributed by atoms with Crippen LogP contribution in [0.1, 0.15) is 67.7 Å². The Labute approximate surface area is 187 Å². The second kappa shape index (κ2) is 8.65. The normalized spacial score (nSPS) is 13.8. The van der Waals surface area contributed by atoms with Gasteiger partial charge >= 0.3 is 0 Å². The molecule has 0 atom stereocenters. The summed E-state index contributed by atoms with van der Waals surface area (Å²) in [6.07, 6.45) is 4.52. The van der Waals surface area contributed by atoms with Gasteiger partial charge in [0.15, 0.2) is 0 Å². The average molecular weight is 433 g/mol. The zero-order valence-electron chi connectivity index (χ0n) is 18.9. The van der Waals surface area contributed by atoms with Gasteiger partial charge in [0.25, 0.3) is 5.89 Å². The lowest BCUT2D eigenvalue weighted by molar-refractivity contribution is -0.117. The van der Waals surface area contributed by atoms with E-state index in [1.807, 2.05) is 52.0 Å². The van der Waals surface area contributed by atoms with Gasteiger partial charge in [-0.05, 0) is 60.6 Å². The Balaban J connectivity index is 1.41. The van der Waals surface area contributed by atoms with E-state index in [0.29, 0.717) is 24.6 Å². The third-order valence-corrected chi connectivity index (χ3v) is 5.56. The summed E-state index contributed by atoms with van der Waals surface area (Å²) < 4.78 is 5.56. The summed E-state index contributed by atoms with van der Waals surface area (Å²) in [5, 5.41) is 10.8. The number of aromatic nitrogens is 3. The molecule has 1 aliphatic rings. The van der Waals surface area contributed by atoms with Crippen molar-refractivity contribution in [2.24, 2.45) is 5.92 Å². The number of amides is 1. The van der Waals surface area contributed by atoms with Crippen LogP contribution in [0.4, 0.5) is 5.82 Å². The van der Waals surface area contributed by atoms with Crippen molar-refractivity contribution in [3.05, 3.63) is 59.4 Å². The summed E-state index contributed by atoms with van der Waals surface area (Å²) in [4.78, 5) is 28.8. The van der Waals surface area contributed by atoms with E-state index in [1.54, 1.807) is 6.20 Å². The molecule has 4 rings (SSSR count). The fourth-order valence-electron chi connectivity index (χ4n) is 3.40. The first-order valence-corrected chi connectivity index (χ1v) is 10.9. The molecule has 32 heavy (non-hydrogen) atoms. The maximum absolute atomic E-state index is 12.5. The van der Waals surface area contributed by atoms with Crippen LogP contribution in [0, 0.1) is 12.8 Å². The predicted molar refractivity (Wildman–Crippen MR) is 121 cm³/mol. The van der Waals surface area contributed by atoms with Crippen LogP contribution in [0.15, 0.2) is 40.9 Å². The SMILES string of the molecule is Cc1cc(-c2ccnc(NC(=O)C3CC3)c2)ccc1CCC(=O)c1nnc(C(C)(C)C)o1. The number of pyridine rings is 1. The summed E-state index contributed by atoms with van der Waals surface area (Å²) in [5.41, 5.74) is 3.92. The predicted octanol–water partition coefficient (Wildman–Crippen LogP) is 4.90. The van der Waals surface area contributed by atoms with Crippen molar-refractivity contribution in [1.82, 2.24) is 15.2 Å². The number of rotatable bonds is 7. The molecular formula is C25H28N4O3. The summed E-state index contributed by atoms with van der Waals surface area (Å²) in [6, 6.07) is 9.97. The molecule has 1 saturated carbocycles. The van der Waals surface area contributed by atoms with E-state index in [2.05, 4.69) is 26.6 Å². The standard InChI is InChI=1S/C25H28N4O3/c1-15-13-18(19-11-12-26-21(14-19)27-22(31)17-6-7-17)8-5-16(15)9-10-20(30)23-28-29-24(32-23)25(2,3)4/h5,8,11-14,17H,6-7,9-10H2,1-4H3,(H,26,27,31). The van der Waals surface area contributed by atoms with Crippen molar-refractivity contribution in [2.45, 2.75) is 58.8 Å². The highest BCUT2D eigenvalue weighted by Crippen LogP contribution is 2.31. The van der Waals surface area contributed by atoms with Crippen molar-refractivity contribution in [1.29, 1.82) is 0 Å². The molecule has 3 aromatic rings. The summed E-state index contributed by atoms with van der Waals surface area (Å²) in [5.74, 6) is 1.13. The van der Waals surface area contributed by atoms with Gasteiger partial charge in [-0.25, -0.2) is 4.98 Å². The number of carbonyl (C=O) groups excluding carboxylic acids is 2. The molecule has 2 aromatic heterocycles. The van der Waals surface area contributed by atoms with Crippen LogP contribution in [0.2, 0.25) is 0 Å². The number of nitrogens with one attached hydrogen (secondary N) is 1. The zero-order chi connectivity index (χ0) is 22.9.